The summed E-state index contributed by atoms with van der Waals surface area (Å²) in [6.45, 7) is 1.93. The maximum Gasteiger partial charge on any atom is 0.262 e. The molecule has 0 saturated carbocycles. The summed E-state index contributed by atoms with van der Waals surface area (Å²) in [5.41, 5.74) is 2.29. The largest absolute Gasteiger partial charge is 0.493 e. The van der Waals surface area contributed by atoms with E-state index in [1.807, 2.05) is 6.07 Å². The molecule has 26 heavy (non-hydrogen) atoms. The van der Waals surface area contributed by atoms with Gasteiger partial charge in [0.1, 0.15) is 24.7 Å². The van der Waals surface area contributed by atoms with Gasteiger partial charge < -0.3 is 18.9 Å². The summed E-state index contributed by atoms with van der Waals surface area (Å²) in [6, 6.07) is 6.56. The van der Waals surface area contributed by atoms with Gasteiger partial charge in [-0.05, 0) is 18.2 Å². The van der Waals surface area contributed by atoms with Crippen molar-refractivity contribution in [3.63, 3.8) is 0 Å². The van der Waals surface area contributed by atoms with E-state index in [9.17, 15) is 8.42 Å². The van der Waals surface area contributed by atoms with Gasteiger partial charge in [0, 0.05) is 30.0 Å². The molecule has 3 aliphatic heterocycles. The van der Waals surface area contributed by atoms with Crippen molar-refractivity contribution in [1.29, 1.82) is 0 Å². The summed E-state index contributed by atoms with van der Waals surface area (Å²) in [4.78, 5) is 0.116. The summed E-state index contributed by atoms with van der Waals surface area (Å²) in [5.74, 6) is 2.32. The molecule has 0 spiro atoms. The third-order valence-electron chi connectivity index (χ3n) is 4.71. The second-order valence-corrected chi connectivity index (χ2v) is 8.01. The zero-order valence-corrected chi connectivity index (χ0v) is 14.7. The lowest BCUT2D eigenvalue weighted by atomic mass is 10.0. The lowest BCUT2D eigenvalue weighted by Gasteiger charge is -2.19. The van der Waals surface area contributed by atoms with Crippen molar-refractivity contribution in [2.24, 2.45) is 0 Å². The molecule has 0 aliphatic carbocycles. The van der Waals surface area contributed by atoms with E-state index in [4.69, 9.17) is 18.9 Å². The van der Waals surface area contributed by atoms with Crippen LogP contribution in [-0.4, -0.2) is 34.8 Å². The molecule has 0 amide bonds. The number of anilines is 1. The van der Waals surface area contributed by atoms with Gasteiger partial charge in [-0.15, -0.1) is 0 Å². The minimum atomic E-state index is -3.81. The van der Waals surface area contributed by atoms with Crippen LogP contribution in [0, 0.1) is 0 Å². The average molecular weight is 375 g/mol. The van der Waals surface area contributed by atoms with E-state index in [0.29, 0.717) is 55.8 Å². The second kappa shape index (κ2) is 5.70. The SMILES string of the molecule is O=S(=O)(Nc1c2c(cc3c1OCC3)OCC2)c1ccc2c(c1)OCCO2. The van der Waals surface area contributed by atoms with E-state index in [0.717, 1.165) is 23.3 Å². The number of hydrogen-bond acceptors (Lipinski definition) is 6. The molecule has 3 heterocycles. The van der Waals surface area contributed by atoms with Crippen molar-refractivity contribution in [1.82, 2.24) is 0 Å². The maximum absolute atomic E-state index is 13.0. The van der Waals surface area contributed by atoms with Crippen molar-refractivity contribution >= 4 is 15.7 Å². The first kappa shape index (κ1) is 15.6. The molecule has 0 radical (unpaired) electrons. The van der Waals surface area contributed by atoms with Crippen LogP contribution >= 0.6 is 0 Å². The number of rotatable bonds is 3. The van der Waals surface area contributed by atoms with Gasteiger partial charge in [0.2, 0.25) is 0 Å². The van der Waals surface area contributed by atoms with Gasteiger partial charge in [0.15, 0.2) is 11.5 Å². The molecule has 0 unspecified atom stereocenters. The summed E-state index contributed by atoms with van der Waals surface area (Å²) in [5, 5.41) is 0. The molecule has 7 nitrogen and oxygen atoms in total. The Labute approximate surface area is 150 Å². The minimum Gasteiger partial charge on any atom is -0.493 e. The summed E-state index contributed by atoms with van der Waals surface area (Å²) in [7, 11) is -3.81. The number of hydrogen-bond donors (Lipinski definition) is 1. The molecule has 8 heteroatoms. The van der Waals surface area contributed by atoms with Crippen molar-refractivity contribution in [3.8, 4) is 23.0 Å². The van der Waals surface area contributed by atoms with E-state index in [-0.39, 0.29) is 4.90 Å². The van der Waals surface area contributed by atoms with Crippen LogP contribution in [0.5, 0.6) is 23.0 Å². The van der Waals surface area contributed by atoms with Crippen molar-refractivity contribution in [2.75, 3.05) is 31.1 Å². The number of benzene rings is 2. The molecule has 1 N–H and O–H groups in total. The molecular weight excluding hydrogens is 358 g/mol. The Bertz CT molecular complexity index is 969. The van der Waals surface area contributed by atoms with E-state index in [1.165, 1.54) is 12.1 Å². The molecule has 0 atom stereocenters. The predicted octanol–water partition coefficient (Wildman–Crippen LogP) is 2.13. The van der Waals surface area contributed by atoms with E-state index < -0.39 is 10.0 Å². The number of nitrogens with one attached hydrogen (secondary N) is 1. The van der Waals surface area contributed by atoms with Crippen LogP contribution in [0.15, 0.2) is 29.2 Å². The van der Waals surface area contributed by atoms with Crippen LogP contribution in [0.2, 0.25) is 0 Å². The third-order valence-corrected chi connectivity index (χ3v) is 6.06. The molecule has 3 aliphatic rings. The Balaban J connectivity index is 1.56. The molecular formula is C18H17NO6S. The molecule has 136 valence electrons. The van der Waals surface area contributed by atoms with Gasteiger partial charge in [0.25, 0.3) is 10.0 Å². The molecule has 2 aromatic carbocycles. The van der Waals surface area contributed by atoms with Gasteiger partial charge in [-0.1, -0.05) is 0 Å². The van der Waals surface area contributed by atoms with Crippen molar-refractivity contribution in [3.05, 3.63) is 35.4 Å². The fourth-order valence-corrected chi connectivity index (χ4v) is 4.59. The Morgan fingerprint density at radius 1 is 0.808 bits per heavy atom. The number of fused-ring (bicyclic) bond motifs is 3. The van der Waals surface area contributed by atoms with E-state index >= 15 is 0 Å². The average Bonchev–Trinajstić information content (AvgIpc) is 3.30. The second-order valence-electron chi connectivity index (χ2n) is 6.32. The Morgan fingerprint density at radius 2 is 1.58 bits per heavy atom. The van der Waals surface area contributed by atoms with Gasteiger partial charge in [-0.25, -0.2) is 8.42 Å². The Kier molecular flexibility index (Phi) is 3.43. The zero-order chi connectivity index (χ0) is 17.7. The summed E-state index contributed by atoms with van der Waals surface area (Å²) in [6.07, 6.45) is 1.38. The molecule has 0 bridgehead atoms. The topological polar surface area (TPSA) is 83.1 Å². The molecule has 0 aromatic heterocycles. The van der Waals surface area contributed by atoms with Crippen LogP contribution in [-0.2, 0) is 22.9 Å². The number of sulfonamides is 1. The molecule has 0 fully saturated rings. The first-order valence-electron chi connectivity index (χ1n) is 8.49. The van der Waals surface area contributed by atoms with E-state index in [2.05, 4.69) is 4.72 Å². The van der Waals surface area contributed by atoms with Crippen LogP contribution in [0.25, 0.3) is 0 Å². The van der Waals surface area contributed by atoms with Crippen molar-refractivity contribution in [2.45, 2.75) is 17.7 Å². The fourth-order valence-electron chi connectivity index (χ4n) is 3.48. The van der Waals surface area contributed by atoms with Crippen molar-refractivity contribution < 1.29 is 27.4 Å². The summed E-state index contributed by atoms with van der Waals surface area (Å²) >= 11 is 0. The quantitative estimate of drug-likeness (QED) is 0.885. The van der Waals surface area contributed by atoms with Gasteiger partial charge in [-0.2, -0.15) is 0 Å². The molecule has 2 aromatic rings. The normalized spacial score (nSPS) is 17.1. The number of ether oxygens (including phenoxy) is 4. The highest BCUT2D eigenvalue weighted by atomic mass is 32.2. The Morgan fingerprint density at radius 3 is 2.46 bits per heavy atom. The van der Waals surface area contributed by atoms with Gasteiger partial charge in [-0.3, -0.25) is 4.72 Å². The third kappa shape index (κ3) is 2.44. The van der Waals surface area contributed by atoms with Crippen LogP contribution in [0.4, 0.5) is 5.69 Å². The van der Waals surface area contributed by atoms with Crippen LogP contribution < -0.4 is 23.7 Å². The summed E-state index contributed by atoms with van der Waals surface area (Å²) < 4.78 is 51.0. The standard InChI is InChI=1S/C18H17NO6S/c20-26(21,12-1-2-14-16(10-12)24-8-7-23-14)19-17-13-4-6-22-15(13)9-11-3-5-25-18(11)17/h1-2,9-10,19H,3-8H2. The minimum absolute atomic E-state index is 0.116. The lowest BCUT2D eigenvalue weighted by Crippen LogP contribution is -2.18. The predicted molar refractivity (Wildman–Crippen MR) is 93.1 cm³/mol. The highest BCUT2D eigenvalue weighted by Crippen LogP contribution is 2.45. The highest BCUT2D eigenvalue weighted by Gasteiger charge is 2.30. The van der Waals surface area contributed by atoms with Gasteiger partial charge in [0.05, 0.1) is 23.8 Å². The monoisotopic (exact) mass is 375 g/mol. The first-order chi connectivity index (χ1) is 12.6. The maximum atomic E-state index is 13.0. The first-order valence-corrected chi connectivity index (χ1v) is 9.97. The fraction of sp³-hybridized carbons (Fsp3) is 0.333. The highest BCUT2D eigenvalue weighted by molar-refractivity contribution is 7.92. The van der Waals surface area contributed by atoms with Crippen LogP contribution in [0.3, 0.4) is 0 Å². The molecule has 0 saturated heterocycles. The molecule has 5 rings (SSSR count). The Hall–Kier alpha value is -2.61. The van der Waals surface area contributed by atoms with Gasteiger partial charge >= 0.3 is 0 Å². The zero-order valence-electron chi connectivity index (χ0n) is 13.9. The van der Waals surface area contributed by atoms with Crippen LogP contribution in [0.1, 0.15) is 11.1 Å². The van der Waals surface area contributed by atoms with E-state index in [1.54, 1.807) is 6.07 Å². The lowest BCUT2D eigenvalue weighted by molar-refractivity contribution is 0.171. The smallest absolute Gasteiger partial charge is 0.262 e.